The first kappa shape index (κ1) is 23.7. The maximum Gasteiger partial charge on any atom is 0.257 e. The lowest BCUT2D eigenvalue weighted by Gasteiger charge is -2.18. The van der Waals surface area contributed by atoms with Crippen LogP contribution in [-0.2, 0) is 24.2 Å². The summed E-state index contributed by atoms with van der Waals surface area (Å²) in [6.45, 7) is 3.35. The summed E-state index contributed by atoms with van der Waals surface area (Å²) in [4.78, 5) is 30.6. The number of halogens is 1. The molecular weight excluding hydrogens is 426 g/mol. The van der Waals surface area contributed by atoms with Crippen LogP contribution in [-0.4, -0.2) is 33.2 Å². The molecule has 168 valence electrons. The van der Waals surface area contributed by atoms with E-state index in [9.17, 15) is 14.7 Å². The lowest BCUT2D eigenvalue weighted by molar-refractivity contribution is -0.122. The van der Waals surface area contributed by atoms with E-state index < -0.39 is 0 Å². The Kier molecular flexibility index (Phi) is 8.20. The van der Waals surface area contributed by atoms with Crippen LogP contribution < -0.4 is 10.9 Å². The minimum atomic E-state index is -0.325. The third kappa shape index (κ3) is 6.05. The smallest absolute Gasteiger partial charge is 0.257 e. The number of hydrogen-bond donors (Lipinski definition) is 2. The molecule has 0 saturated carbocycles. The molecule has 1 aromatic heterocycles. The van der Waals surface area contributed by atoms with Crippen molar-refractivity contribution in [2.45, 2.75) is 45.7 Å². The molecule has 6 nitrogen and oxygen atoms in total. The van der Waals surface area contributed by atoms with Crippen molar-refractivity contribution in [1.82, 2.24) is 14.9 Å². The van der Waals surface area contributed by atoms with Crippen molar-refractivity contribution < 1.29 is 9.90 Å². The number of amides is 1. The Labute approximate surface area is 192 Å². The predicted molar refractivity (Wildman–Crippen MR) is 127 cm³/mol. The SMILES string of the molecule is Cc1nc(-c2cccc(Cl)c2)n(CC(=O)N[C@@H](C)CCc2ccccc2)c(=O)c1CCO. The lowest BCUT2D eigenvalue weighted by Crippen LogP contribution is -2.39. The van der Waals surface area contributed by atoms with Gasteiger partial charge in [-0.25, -0.2) is 4.98 Å². The van der Waals surface area contributed by atoms with Gasteiger partial charge in [0.05, 0.1) is 0 Å². The largest absolute Gasteiger partial charge is 0.396 e. The number of nitrogens with zero attached hydrogens (tertiary/aromatic N) is 2. The third-order valence-corrected chi connectivity index (χ3v) is 5.57. The van der Waals surface area contributed by atoms with E-state index in [1.165, 1.54) is 10.1 Å². The van der Waals surface area contributed by atoms with Crippen LogP contribution in [0.15, 0.2) is 59.4 Å². The molecule has 3 aromatic rings. The summed E-state index contributed by atoms with van der Waals surface area (Å²) in [6.07, 6.45) is 1.82. The summed E-state index contributed by atoms with van der Waals surface area (Å²) in [5.74, 6) is 0.111. The molecule has 2 N–H and O–H groups in total. The van der Waals surface area contributed by atoms with Crippen LogP contribution in [0.3, 0.4) is 0 Å². The van der Waals surface area contributed by atoms with Gasteiger partial charge in [-0.1, -0.05) is 54.1 Å². The maximum absolute atomic E-state index is 13.2. The second-order valence-electron chi connectivity index (χ2n) is 7.87. The van der Waals surface area contributed by atoms with Crippen LogP contribution in [0, 0.1) is 6.92 Å². The summed E-state index contributed by atoms with van der Waals surface area (Å²) < 4.78 is 1.36. The van der Waals surface area contributed by atoms with E-state index in [-0.39, 0.29) is 37.1 Å². The first-order valence-corrected chi connectivity index (χ1v) is 11.1. The molecule has 0 unspecified atom stereocenters. The van der Waals surface area contributed by atoms with Crippen LogP contribution in [0.25, 0.3) is 11.4 Å². The molecule has 0 aliphatic rings. The van der Waals surface area contributed by atoms with E-state index in [2.05, 4.69) is 22.4 Å². The number of carbonyl (C=O) groups is 1. The molecule has 1 amide bonds. The number of aryl methyl sites for hydroxylation is 2. The van der Waals surface area contributed by atoms with E-state index in [4.69, 9.17) is 11.6 Å². The maximum atomic E-state index is 13.2. The molecule has 0 fully saturated rings. The molecule has 3 rings (SSSR count). The van der Waals surface area contributed by atoms with Gasteiger partial charge >= 0.3 is 0 Å². The summed E-state index contributed by atoms with van der Waals surface area (Å²) in [7, 11) is 0. The molecule has 0 aliphatic heterocycles. The minimum absolute atomic E-state index is 0.0525. The van der Waals surface area contributed by atoms with Crippen molar-refractivity contribution in [3.05, 3.63) is 86.8 Å². The number of aliphatic hydroxyl groups excluding tert-OH is 1. The predicted octanol–water partition coefficient (Wildman–Crippen LogP) is 3.54. The van der Waals surface area contributed by atoms with Crippen LogP contribution in [0.5, 0.6) is 0 Å². The number of carbonyl (C=O) groups excluding carboxylic acids is 1. The zero-order valence-corrected chi connectivity index (χ0v) is 19.1. The van der Waals surface area contributed by atoms with Gasteiger partial charge in [0, 0.05) is 40.9 Å². The number of aromatic nitrogens is 2. The van der Waals surface area contributed by atoms with E-state index in [1.807, 2.05) is 25.1 Å². The Morgan fingerprint density at radius 3 is 2.59 bits per heavy atom. The van der Waals surface area contributed by atoms with E-state index in [0.29, 0.717) is 27.7 Å². The van der Waals surface area contributed by atoms with Gasteiger partial charge in [-0.05, 0) is 44.4 Å². The fourth-order valence-corrected chi connectivity index (χ4v) is 3.85. The zero-order valence-electron chi connectivity index (χ0n) is 18.3. The number of benzene rings is 2. The Hall–Kier alpha value is -2.96. The summed E-state index contributed by atoms with van der Waals surface area (Å²) in [6, 6.07) is 17.1. The fraction of sp³-hybridized carbons (Fsp3) is 0.320. The number of hydrogen-bond acceptors (Lipinski definition) is 4. The highest BCUT2D eigenvalue weighted by molar-refractivity contribution is 6.30. The summed E-state index contributed by atoms with van der Waals surface area (Å²) >= 11 is 6.14. The van der Waals surface area contributed by atoms with Gasteiger partial charge in [-0.3, -0.25) is 14.2 Å². The van der Waals surface area contributed by atoms with E-state index in [0.717, 1.165) is 12.8 Å². The molecular formula is C25H28ClN3O3. The Balaban J connectivity index is 1.82. The summed E-state index contributed by atoms with van der Waals surface area (Å²) in [5, 5.41) is 12.9. The van der Waals surface area contributed by atoms with Crippen molar-refractivity contribution in [1.29, 1.82) is 0 Å². The second kappa shape index (κ2) is 11.1. The minimum Gasteiger partial charge on any atom is -0.396 e. The van der Waals surface area contributed by atoms with Crippen LogP contribution in [0.1, 0.15) is 30.2 Å². The van der Waals surface area contributed by atoms with E-state index in [1.54, 1.807) is 31.2 Å². The van der Waals surface area contributed by atoms with Crippen LogP contribution >= 0.6 is 11.6 Å². The second-order valence-corrected chi connectivity index (χ2v) is 8.30. The molecule has 32 heavy (non-hydrogen) atoms. The fourth-order valence-electron chi connectivity index (χ4n) is 3.66. The van der Waals surface area contributed by atoms with Gasteiger partial charge < -0.3 is 10.4 Å². The Morgan fingerprint density at radius 2 is 1.91 bits per heavy atom. The molecule has 0 saturated heterocycles. The van der Waals surface area contributed by atoms with Gasteiger partial charge in [-0.15, -0.1) is 0 Å². The van der Waals surface area contributed by atoms with Crippen molar-refractivity contribution in [2.75, 3.05) is 6.61 Å². The summed E-state index contributed by atoms with van der Waals surface area (Å²) in [5.41, 5.74) is 2.48. The highest BCUT2D eigenvalue weighted by atomic mass is 35.5. The molecule has 0 aliphatic carbocycles. The molecule has 7 heteroatoms. The first-order valence-electron chi connectivity index (χ1n) is 10.7. The standard InChI is InChI=1S/C25H28ClN3O3/c1-17(11-12-19-7-4-3-5-8-19)27-23(31)16-29-24(20-9-6-10-21(26)15-20)28-18(2)22(13-14-30)25(29)32/h3-10,15,17,30H,11-14,16H2,1-2H3,(H,27,31)/t17-/m0/s1. The van der Waals surface area contributed by atoms with Gasteiger partial charge in [-0.2, -0.15) is 0 Å². The lowest BCUT2D eigenvalue weighted by atomic mass is 10.1. The van der Waals surface area contributed by atoms with Crippen molar-refractivity contribution in [2.24, 2.45) is 0 Å². The molecule has 1 heterocycles. The average molecular weight is 454 g/mol. The molecule has 0 spiro atoms. The topological polar surface area (TPSA) is 84.2 Å². The van der Waals surface area contributed by atoms with Gasteiger partial charge in [0.1, 0.15) is 12.4 Å². The number of rotatable bonds is 9. The van der Waals surface area contributed by atoms with Crippen LogP contribution in [0.4, 0.5) is 0 Å². The highest BCUT2D eigenvalue weighted by Crippen LogP contribution is 2.21. The number of aliphatic hydroxyl groups is 1. The highest BCUT2D eigenvalue weighted by Gasteiger charge is 2.18. The van der Waals surface area contributed by atoms with Gasteiger partial charge in [0.15, 0.2) is 0 Å². The van der Waals surface area contributed by atoms with Crippen LogP contribution in [0.2, 0.25) is 5.02 Å². The molecule has 0 bridgehead atoms. The van der Waals surface area contributed by atoms with Gasteiger partial charge in [0.25, 0.3) is 5.56 Å². The quantitative estimate of drug-likeness (QED) is 0.519. The first-order chi connectivity index (χ1) is 15.4. The van der Waals surface area contributed by atoms with Crippen molar-refractivity contribution >= 4 is 17.5 Å². The van der Waals surface area contributed by atoms with E-state index >= 15 is 0 Å². The Bertz CT molecular complexity index is 1130. The zero-order chi connectivity index (χ0) is 23.1. The van der Waals surface area contributed by atoms with Gasteiger partial charge in [0.2, 0.25) is 5.91 Å². The normalized spacial score (nSPS) is 11.9. The van der Waals surface area contributed by atoms with Crippen molar-refractivity contribution in [3.8, 4) is 11.4 Å². The Morgan fingerprint density at radius 1 is 1.16 bits per heavy atom. The third-order valence-electron chi connectivity index (χ3n) is 5.33. The van der Waals surface area contributed by atoms with Crippen molar-refractivity contribution in [3.63, 3.8) is 0 Å². The monoisotopic (exact) mass is 453 g/mol. The number of nitrogens with one attached hydrogen (secondary N) is 1. The molecule has 0 radical (unpaired) electrons. The molecule has 2 aromatic carbocycles. The average Bonchev–Trinajstić information content (AvgIpc) is 2.77. The molecule has 1 atom stereocenters.